The summed E-state index contributed by atoms with van der Waals surface area (Å²) < 4.78 is 3.41. The summed E-state index contributed by atoms with van der Waals surface area (Å²) >= 11 is 14.7. The van der Waals surface area contributed by atoms with Crippen molar-refractivity contribution in [3.8, 4) is 11.1 Å². The topological polar surface area (TPSA) is 52.0 Å². The van der Waals surface area contributed by atoms with Crippen molar-refractivity contribution in [3.63, 3.8) is 0 Å². The van der Waals surface area contributed by atoms with Crippen LogP contribution in [0.1, 0.15) is 22.3 Å². The van der Waals surface area contributed by atoms with Crippen LogP contribution < -0.4 is 11.5 Å². The van der Waals surface area contributed by atoms with E-state index in [2.05, 4.69) is 137 Å². The first-order chi connectivity index (χ1) is 14.9. The van der Waals surface area contributed by atoms with E-state index in [9.17, 15) is 0 Å². The van der Waals surface area contributed by atoms with Crippen molar-refractivity contribution in [2.75, 3.05) is 11.5 Å². The zero-order valence-electron chi connectivity index (χ0n) is 16.1. The van der Waals surface area contributed by atoms with E-state index >= 15 is 0 Å². The van der Waals surface area contributed by atoms with Crippen LogP contribution in [-0.4, -0.2) is 0 Å². The van der Waals surface area contributed by atoms with Crippen molar-refractivity contribution in [1.29, 1.82) is 0 Å². The van der Waals surface area contributed by atoms with Gasteiger partial charge in [-0.3, -0.25) is 0 Å². The van der Waals surface area contributed by atoms with Crippen molar-refractivity contribution in [3.05, 3.63) is 113 Å². The number of anilines is 2. The maximum atomic E-state index is 6.26. The molecule has 0 heterocycles. The van der Waals surface area contributed by atoms with Crippen molar-refractivity contribution in [2.24, 2.45) is 0 Å². The lowest BCUT2D eigenvalue weighted by Gasteiger charge is -2.35. The van der Waals surface area contributed by atoms with Crippen LogP contribution in [-0.2, 0) is 5.41 Å². The van der Waals surface area contributed by atoms with Crippen molar-refractivity contribution in [1.82, 2.24) is 0 Å². The third-order valence-electron chi connectivity index (χ3n) is 5.98. The zero-order valence-corrected chi connectivity index (χ0v) is 22.4. The van der Waals surface area contributed by atoms with Crippen LogP contribution in [0.2, 0.25) is 0 Å². The van der Waals surface area contributed by atoms with Gasteiger partial charge >= 0.3 is 0 Å². The number of nitrogen functional groups attached to an aromatic ring is 2. The van der Waals surface area contributed by atoms with Crippen LogP contribution in [0.15, 0.2) is 90.7 Å². The first-order valence-corrected chi connectivity index (χ1v) is 12.7. The Morgan fingerprint density at radius 2 is 0.839 bits per heavy atom. The molecular weight excluding hydrogens is 648 g/mol. The Bertz CT molecular complexity index is 1210. The van der Waals surface area contributed by atoms with Crippen molar-refractivity contribution in [2.45, 2.75) is 5.41 Å². The molecule has 4 aromatic rings. The largest absolute Gasteiger partial charge is 0.397 e. The second-order valence-corrected chi connectivity index (χ2v) is 11.0. The van der Waals surface area contributed by atoms with E-state index < -0.39 is 5.41 Å². The van der Waals surface area contributed by atoms with Gasteiger partial charge in [-0.1, -0.05) is 48.5 Å². The van der Waals surface area contributed by atoms with Gasteiger partial charge in [-0.15, -0.1) is 0 Å². The van der Waals surface area contributed by atoms with Gasteiger partial charge in [0.25, 0.3) is 0 Å². The van der Waals surface area contributed by atoms with E-state index in [4.69, 9.17) is 11.5 Å². The van der Waals surface area contributed by atoms with E-state index in [1.807, 2.05) is 0 Å². The number of nitrogens with two attached hydrogens (primary N) is 2. The highest BCUT2D eigenvalue weighted by Crippen LogP contribution is 2.57. The van der Waals surface area contributed by atoms with E-state index in [1.54, 1.807) is 0 Å². The molecule has 0 bridgehead atoms. The van der Waals surface area contributed by atoms with E-state index in [0.29, 0.717) is 11.4 Å². The van der Waals surface area contributed by atoms with Gasteiger partial charge in [-0.2, -0.15) is 0 Å². The normalized spacial score (nSPS) is 13.7. The summed E-state index contributed by atoms with van der Waals surface area (Å²) in [5, 5.41) is 0. The van der Waals surface area contributed by atoms with Crippen LogP contribution in [0, 0.1) is 0 Å². The molecule has 0 fully saturated rings. The minimum Gasteiger partial charge on any atom is -0.397 e. The monoisotopic (exact) mass is 660 g/mol. The zero-order chi connectivity index (χ0) is 21.9. The fourth-order valence-corrected chi connectivity index (χ4v) is 7.00. The van der Waals surface area contributed by atoms with Crippen LogP contribution in [0.4, 0.5) is 11.4 Å². The lowest BCUT2D eigenvalue weighted by Crippen LogP contribution is -2.29. The number of halogens is 4. The number of hydrogen-bond acceptors (Lipinski definition) is 2. The highest BCUT2D eigenvalue weighted by molar-refractivity contribution is 9.11. The van der Waals surface area contributed by atoms with Crippen molar-refractivity contribution >= 4 is 75.1 Å². The molecule has 0 unspecified atom stereocenters. The number of hydrogen-bond donors (Lipinski definition) is 2. The minimum atomic E-state index is -0.537. The summed E-state index contributed by atoms with van der Waals surface area (Å²) in [5.74, 6) is 0. The van der Waals surface area contributed by atoms with Crippen LogP contribution >= 0.6 is 63.7 Å². The molecule has 0 amide bonds. The fraction of sp³-hybridized carbons (Fsp3) is 0.0400. The summed E-state index contributed by atoms with van der Waals surface area (Å²) in [6.07, 6.45) is 0. The van der Waals surface area contributed by atoms with Crippen molar-refractivity contribution < 1.29 is 0 Å². The maximum Gasteiger partial charge on any atom is 0.0715 e. The summed E-state index contributed by atoms with van der Waals surface area (Å²) in [7, 11) is 0. The number of fused-ring (bicyclic) bond motifs is 3. The standard InChI is InChI=1S/C25H16Br4N2/c26-19-9-13(10-20(27)23(19)30)25(14-11-21(28)24(31)22(29)12-14)17-7-3-1-5-15(17)16-6-2-4-8-18(16)25/h1-12H,30-31H2. The molecule has 0 saturated heterocycles. The smallest absolute Gasteiger partial charge is 0.0715 e. The van der Waals surface area contributed by atoms with Gasteiger partial charge in [0.2, 0.25) is 0 Å². The van der Waals surface area contributed by atoms with Gasteiger partial charge in [0.05, 0.1) is 16.8 Å². The Morgan fingerprint density at radius 3 is 1.19 bits per heavy atom. The molecule has 1 aliphatic carbocycles. The molecule has 4 N–H and O–H groups in total. The molecule has 31 heavy (non-hydrogen) atoms. The number of rotatable bonds is 2. The lowest BCUT2D eigenvalue weighted by molar-refractivity contribution is 0.766. The second kappa shape index (κ2) is 7.77. The molecule has 5 rings (SSSR count). The van der Waals surface area contributed by atoms with E-state index in [1.165, 1.54) is 22.3 Å². The molecule has 0 radical (unpaired) electrons. The minimum absolute atomic E-state index is 0.537. The Morgan fingerprint density at radius 1 is 0.516 bits per heavy atom. The predicted molar refractivity (Wildman–Crippen MR) is 143 cm³/mol. The summed E-state index contributed by atoms with van der Waals surface area (Å²) in [5.41, 5.74) is 20.5. The Hall–Kier alpha value is -1.60. The Balaban J connectivity index is 2.00. The molecule has 0 saturated carbocycles. The molecule has 0 spiro atoms. The Kier molecular flexibility index (Phi) is 5.32. The molecule has 2 nitrogen and oxygen atoms in total. The second-order valence-electron chi connectivity index (χ2n) is 7.55. The van der Waals surface area contributed by atoms with E-state index in [-0.39, 0.29) is 0 Å². The predicted octanol–water partition coefficient (Wildman–Crippen LogP) is 8.26. The molecular formula is C25H16Br4N2. The molecule has 0 aromatic heterocycles. The summed E-state index contributed by atoms with van der Waals surface area (Å²) in [6, 6.07) is 25.7. The third kappa shape index (κ3) is 3.06. The third-order valence-corrected chi connectivity index (χ3v) is 8.60. The maximum absolute atomic E-state index is 6.26. The van der Waals surface area contributed by atoms with Crippen LogP contribution in [0.3, 0.4) is 0 Å². The molecule has 6 heteroatoms. The van der Waals surface area contributed by atoms with Gasteiger partial charge in [0.15, 0.2) is 0 Å². The molecule has 154 valence electrons. The summed E-state index contributed by atoms with van der Waals surface area (Å²) in [4.78, 5) is 0. The average molecular weight is 664 g/mol. The highest BCUT2D eigenvalue weighted by atomic mass is 79.9. The number of benzene rings is 4. The van der Waals surface area contributed by atoms with E-state index in [0.717, 1.165) is 29.0 Å². The van der Waals surface area contributed by atoms with Crippen LogP contribution in [0.5, 0.6) is 0 Å². The van der Waals surface area contributed by atoms with Gasteiger partial charge < -0.3 is 11.5 Å². The first-order valence-electron chi connectivity index (χ1n) is 9.55. The quantitative estimate of drug-likeness (QED) is 0.187. The van der Waals surface area contributed by atoms with Gasteiger partial charge in [0.1, 0.15) is 0 Å². The van der Waals surface area contributed by atoms with Crippen LogP contribution in [0.25, 0.3) is 11.1 Å². The molecule has 1 aliphatic rings. The SMILES string of the molecule is Nc1c(Br)cc(C2(c3cc(Br)c(N)c(Br)c3)c3ccccc3-c3ccccc32)cc1Br. The molecule has 0 atom stereocenters. The molecule has 4 aromatic carbocycles. The summed E-state index contributed by atoms with van der Waals surface area (Å²) in [6.45, 7) is 0. The van der Waals surface area contributed by atoms with Gasteiger partial charge in [-0.25, -0.2) is 0 Å². The lowest BCUT2D eigenvalue weighted by atomic mass is 9.67. The molecule has 0 aliphatic heterocycles. The highest BCUT2D eigenvalue weighted by Gasteiger charge is 2.46. The first kappa shape index (κ1) is 21.3. The Labute approximate surface area is 214 Å². The average Bonchev–Trinajstić information content (AvgIpc) is 3.06. The van der Waals surface area contributed by atoms with Gasteiger partial charge in [-0.05, 0) is 121 Å². The van der Waals surface area contributed by atoms with Gasteiger partial charge in [0, 0.05) is 17.9 Å². The fourth-order valence-electron chi connectivity index (χ4n) is 4.63.